The van der Waals surface area contributed by atoms with Gasteiger partial charge in [-0.25, -0.2) is 9.97 Å². The SMILES string of the molecule is CCc1nc(Cl)c(C)c(N(C)c2ccc(C)cc2C)n1. The largest absolute Gasteiger partial charge is 0.329 e. The molecule has 4 heteroatoms. The molecule has 0 aliphatic heterocycles. The van der Waals surface area contributed by atoms with Gasteiger partial charge in [0.05, 0.1) is 0 Å². The Morgan fingerprint density at radius 1 is 1.15 bits per heavy atom. The summed E-state index contributed by atoms with van der Waals surface area (Å²) in [5.74, 6) is 1.64. The normalized spacial score (nSPS) is 10.7. The zero-order chi connectivity index (χ0) is 14.9. The van der Waals surface area contributed by atoms with E-state index in [-0.39, 0.29) is 0 Å². The number of anilines is 2. The van der Waals surface area contributed by atoms with Gasteiger partial charge in [-0.05, 0) is 32.4 Å². The predicted octanol–water partition coefficient (Wildman–Crippen LogP) is 4.39. The number of rotatable bonds is 3. The Kier molecular flexibility index (Phi) is 4.29. The minimum absolute atomic E-state index is 0.531. The molecule has 0 atom stereocenters. The summed E-state index contributed by atoms with van der Waals surface area (Å²) in [7, 11) is 2.02. The number of hydrogen-bond acceptors (Lipinski definition) is 3. The Morgan fingerprint density at radius 2 is 1.85 bits per heavy atom. The Hall–Kier alpha value is -1.61. The van der Waals surface area contributed by atoms with E-state index >= 15 is 0 Å². The quantitative estimate of drug-likeness (QED) is 0.785. The van der Waals surface area contributed by atoms with Gasteiger partial charge in [0.2, 0.25) is 0 Å². The Balaban J connectivity index is 2.52. The van der Waals surface area contributed by atoms with Crippen molar-refractivity contribution in [3.63, 3.8) is 0 Å². The van der Waals surface area contributed by atoms with Gasteiger partial charge in [0.1, 0.15) is 16.8 Å². The smallest absolute Gasteiger partial charge is 0.140 e. The van der Waals surface area contributed by atoms with Gasteiger partial charge >= 0.3 is 0 Å². The molecular weight excluding hydrogens is 270 g/mol. The van der Waals surface area contributed by atoms with Crippen molar-refractivity contribution in [3.05, 3.63) is 45.9 Å². The molecule has 0 bridgehead atoms. The number of benzene rings is 1. The van der Waals surface area contributed by atoms with Crippen LogP contribution in [-0.2, 0) is 6.42 Å². The van der Waals surface area contributed by atoms with Gasteiger partial charge in [-0.3, -0.25) is 0 Å². The van der Waals surface area contributed by atoms with Crippen molar-refractivity contribution in [1.82, 2.24) is 9.97 Å². The molecule has 2 aromatic rings. The lowest BCUT2D eigenvalue weighted by Crippen LogP contribution is -2.16. The fraction of sp³-hybridized carbons (Fsp3) is 0.375. The van der Waals surface area contributed by atoms with Crippen LogP contribution in [0.3, 0.4) is 0 Å². The van der Waals surface area contributed by atoms with Crippen LogP contribution in [-0.4, -0.2) is 17.0 Å². The first-order valence-electron chi connectivity index (χ1n) is 6.78. The molecule has 20 heavy (non-hydrogen) atoms. The molecule has 0 spiro atoms. The maximum atomic E-state index is 6.22. The second kappa shape index (κ2) is 5.80. The maximum absolute atomic E-state index is 6.22. The van der Waals surface area contributed by atoms with Crippen molar-refractivity contribution >= 4 is 23.1 Å². The molecule has 106 valence electrons. The monoisotopic (exact) mass is 289 g/mol. The fourth-order valence-corrected chi connectivity index (χ4v) is 2.48. The number of aromatic nitrogens is 2. The molecule has 0 N–H and O–H groups in total. The summed E-state index contributed by atoms with van der Waals surface area (Å²) in [4.78, 5) is 11.0. The first-order valence-corrected chi connectivity index (χ1v) is 7.15. The summed E-state index contributed by atoms with van der Waals surface area (Å²) in [6.45, 7) is 8.19. The van der Waals surface area contributed by atoms with Crippen molar-refractivity contribution < 1.29 is 0 Å². The maximum Gasteiger partial charge on any atom is 0.140 e. The second-order valence-electron chi connectivity index (χ2n) is 5.08. The summed E-state index contributed by atoms with van der Waals surface area (Å²) in [5.41, 5.74) is 4.52. The van der Waals surface area contributed by atoms with E-state index in [1.165, 1.54) is 11.1 Å². The van der Waals surface area contributed by atoms with E-state index in [9.17, 15) is 0 Å². The Bertz CT molecular complexity index is 638. The molecule has 0 aliphatic carbocycles. The molecule has 0 amide bonds. The van der Waals surface area contributed by atoms with Crippen molar-refractivity contribution in [1.29, 1.82) is 0 Å². The predicted molar refractivity (Wildman–Crippen MR) is 85.1 cm³/mol. The third kappa shape index (κ3) is 2.78. The van der Waals surface area contributed by atoms with Crippen LogP contribution in [0, 0.1) is 20.8 Å². The van der Waals surface area contributed by atoms with E-state index in [1.807, 2.05) is 20.9 Å². The summed E-state index contributed by atoms with van der Waals surface area (Å²) in [6.07, 6.45) is 0.772. The Labute approximate surface area is 125 Å². The van der Waals surface area contributed by atoms with Crippen LogP contribution in [0.2, 0.25) is 5.15 Å². The van der Waals surface area contributed by atoms with Crippen LogP contribution in [0.5, 0.6) is 0 Å². The molecule has 3 nitrogen and oxygen atoms in total. The van der Waals surface area contributed by atoms with Gasteiger partial charge in [-0.1, -0.05) is 36.2 Å². The van der Waals surface area contributed by atoms with E-state index in [4.69, 9.17) is 11.6 Å². The lowest BCUT2D eigenvalue weighted by Gasteiger charge is -2.23. The highest BCUT2D eigenvalue weighted by Crippen LogP contribution is 2.30. The highest BCUT2D eigenvalue weighted by Gasteiger charge is 2.15. The molecule has 0 saturated heterocycles. The summed E-state index contributed by atoms with van der Waals surface area (Å²) in [6, 6.07) is 6.40. The number of hydrogen-bond donors (Lipinski definition) is 0. The van der Waals surface area contributed by atoms with Crippen molar-refractivity contribution in [2.45, 2.75) is 34.1 Å². The van der Waals surface area contributed by atoms with E-state index in [0.29, 0.717) is 5.15 Å². The molecule has 2 rings (SSSR count). The first-order chi connectivity index (χ1) is 9.43. The summed E-state index contributed by atoms with van der Waals surface area (Å²) < 4.78 is 0. The van der Waals surface area contributed by atoms with Gasteiger partial charge in [-0.2, -0.15) is 0 Å². The van der Waals surface area contributed by atoms with Crippen molar-refractivity contribution in [3.8, 4) is 0 Å². The molecule has 0 radical (unpaired) electrons. The van der Waals surface area contributed by atoms with E-state index in [1.54, 1.807) is 0 Å². The van der Waals surface area contributed by atoms with Crippen LogP contribution in [0.15, 0.2) is 18.2 Å². The zero-order valence-corrected chi connectivity index (χ0v) is 13.4. The van der Waals surface area contributed by atoms with Crippen molar-refractivity contribution in [2.75, 3.05) is 11.9 Å². The van der Waals surface area contributed by atoms with Gasteiger partial charge in [0, 0.05) is 24.7 Å². The molecular formula is C16H20ClN3. The molecule has 0 aliphatic rings. The lowest BCUT2D eigenvalue weighted by molar-refractivity contribution is 0.914. The fourth-order valence-electron chi connectivity index (χ4n) is 2.30. The molecule has 0 unspecified atom stereocenters. The van der Waals surface area contributed by atoms with Crippen LogP contribution < -0.4 is 4.90 Å². The highest BCUT2D eigenvalue weighted by atomic mass is 35.5. The Morgan fingerprint density at radius 3 is 2.45 bits per heavy atom. The van der Waals surface area contributed by atoms with Crippen LogP contribution in [0.1, 0.15) is 29.4 Å². The highest BCUT2D eigenvalue weighted by molar-refractivity contribution is 6.30. The minimum Gasteiger partial charge on any atom is -0.329 e. The van der Waals surface area contributed by atoms with Crippen LogP contribution in [0.25, 0.3) is 0 Å². The minimum atomic E-state index is 0.531. The summed E-state index contributed by atoms with van der Waals surface area (Å²) >= 11 is 6.22. The van der Waals surface area contributed by atoms with E-state index in [2.05, 4.69) is 46.9 Å². The molecule has 0 saturated carbocycles. The topological polar surface area (TPSA) is 29.0 Å². The standard InChI is InChI=1S/C16H20ClN3/c1-6-14-18-15(17)12(4)16(19-14)20(5)13-8-7-10(2)9-11(13)3/h7-9H,6H2,1-5H3. The molecule has 0 fully saturated rings. The third-order valence-corrected chi connectivity index (χ3v) is 3.82. The molecule has 1 heterocycles. The van der Waals surface area contributed by atoms with Gasteiger partial charge in [0.15, 0.2) is 0 Å². The molecule has 1 aromatic carbocycles. The lowest BCUT2D eigenvalue weighted by atomic mass is 10.1. The van der Waals surface area contributed by atoms with Gasteiger partial charge in [-0.15, -0.1) is 0 Å². The number of aryl methyl sites for hydroxylation is 3. The average molecular weight is 290 g/mol. The van der Waals surface area contributed by atoms with Gasteiger partial charge < -0.3 is 4.90 Å². The van der Waals surface area contributed by atoms with Gasteiger partial charge in [0.25, 0.3) is 0 Å². The van der Waals surface area contributed by atoms with Crippen molar-refractivity contribution in [2.24, 2.45) is 0 Å². The number of nitrogens with zero attached hydrogens (tertiary/aromatic N) is 3. The first kappa shape index (κ1) is 14.8. The second-order valence-corrected chi connectivity index (χ2v) is 5.44. The van der Waals surface area contributed by atoms with Crippen LogP contribution in [0.4, 0.5) is 11.5 Å². The van der Waals surface area contributed by atoms with E-state index < -0.39 is 0 Å². The summed E-state index contributed by atoms with van der Waals surface area (Å²) in [5, 5.41) is 0.531. The third-order valence-electron chi connectivity index (χ3n) is 3.45. The average Bonchev–Trinajstić information content (AvgIpc) is 2.41. The number of halogens is 1. The van der Waals surface area contributed by atoms with Crippen LogP contribution >= 0.6 is 11.6 Å². The zero-order valence-electron chi connectivity index (χ0n) is 12.7. The van der Waals surface area contributed by atoms with E-state index in [0.717, 1.165) is 29.3 Å². The molecule has 1 aromatic heterocycles.